The highest BCUT2D eigenvalue weighted by Crippen LogP contribution is 2.60. The minimum atomic E-state index is -5.67. The molecule has 20 nitrogen and oxygen atoms in total. The first-order chi connectivity index (χ1) is 31.8. The van der Waals surface area contributed by atoms with Crippen LogP contribution < -0.4 is 11.4 Å². The zero-order valence-corrected chi connectivity index (χ0v) is 40.7. The molecule has 2 bridgehead atoms. The Bertz CT molecular complexity index is 1930. The van der Waals surface area contributed by atoms with E-state index in [0.717, 1.165) is 62.0 Å². The molecule has 2 aliphatic rings. The molecule has 22 heteroatoms. The number of ketones is 1. The van der Waals surface area contributed by atoms with Gasteiger partial charge in [-0.05, 0) is 50.2 Å². The van der Waals surface area contributed by atoms with E-state index in [-0.39, 0.29) is 31.5 Å². The number of aromatic nitrogens is 2. The SMILES string of the molecule is CCCCC[C@H](O)C=C[C@H]1C(=O)C=C[C@@H]2CC=CCCCC(=O)O[C@H](COC(=O)CCCCCCCCC(C)CC)COP(=O)(O)OP(=O)(O)OC[C@@H](O[C@H]2n2ccc(N)nc2=O)[C@@H](O)[C@H]1O. The van der Waals surface area contributed by atoms with Crippen LogP contribution in [0.25, 0.3) is 0 Å². The number of nitrogen functional groups attached to an aromatic ring is 1. The highest BCUT2D eigenvalue weighted by molar-refractivity contribution is 7.61. The van der Waals surface area contributed by atoms with Crippen LogP contribution in [-0.4, -0.2) is 103 Å². The van der Waals surface area contributed by atoms with Crippen LogP contribution in [0.5, 0.6) is 0 Å². The molecule has 2 aliphatic heterocycles. The average molecular weight is 990 g/mol. The van der Waals surface area contributed by atoms with Gasteiger partial charge in [0.1, 0.15) is 30.9 Å². The molecule has 0 amide bonds. The fraction of sp³-hybridized carbons (Fsp3) is 0.711. The summed E-state index contributed by atoms with van der Waals surface area (Å²) in [7, 11) is -11.2. The summed E-state index contributed by atoms with van der Waals surface area (Å²) in [5, 5.41) is 33.7. The van der Waals surface area contributed by atoms with Crippen LogP contribution in [0.15, 0.2) is 53.5 Å². The molecule has 3 unspecified atom stereocenters. The number of phosphoric acid groups is 2. The van der Waals surface area contributed by atoms with E-state index in [4.69, 9.17) is 29.0 Å². The van der Waals surface area contributed by atoms with Crippen molar-refractivity contribution in [3.05, 3.63) is 59.2 Å². The van der Waals surface area contributed by atoms with Gasteiger partial charge in [-0.1, -0.05) is 115 Å². The monoisotopic (exact) mass is 989 g/mol. The molecular weight excluding hydrogens is 916 g/mol. The minimum Gasteiger partial charge on any atom is -0.462 e. The Balaban J connectivity index is 1.88. The highest BCUT2D eigenvalue weighted by Gasteiger charge is 2.42. The third-order valence-corrected chi connectivity index (χ3v) is 14.1. The predicted molar refractivity (Wildman–Crippen MR) is 247 cm³/mol. The van der Waals surface area contributed by atoms with Gasteiger partial charge in [0.2, 0.25) is 0 Å². The second kappa shape index (κ2) is 30.3. The first-order valence-electron chi connectivity index (χ1n) is 23.4. The van der Waals surface area contributed by atoms with Crippen LogP contribution in [0.3, 0.4) is 0 Å². The van der Waals surface area contributed by atoms with Gasteiger partial charge < -0.3 is 45.1 Å². The number of esters is 2. The lowest BCUT2D eigenvalue weighted by atomic mass is 9.88. The molecule has 1 aromatic rings. The van der Waals surface area contributed by atoms with Gasteiger partial charge >= 0.3 is 33.3 Å². The van der Waals surface area contributed by atoms with Crippen molar-refractivity contribution in [3.8, 4) is 0 Å². The van der Waals surface area contributed by atoms with Crippen LogP contribution >= 0.6 is 15.6 Å². The molecule has 0 fully saturated rings. The number of fused-ring (bicyclic) bond motifs is 3. The number of aliphatic hydroxyl groups is 3. The zero-order chi connectivity index (χ0) is 49.4. The van der Waals surface area contributed by atoms with Crippen molar-refractivity contribution >= 4 is 39.2 Å². The molecule has 7 N–H and O–H groups in total. The lowest BCUT2D eigenvalue weighted by molar-refractivity contribution is -0.167. The maximum absolute atomic E-state index is 13.8. The summed E-state index contributed by atoms with van der Waals surface area (Å²) in [6, 6.07) is 1.28. The van der Waals surface area contributed by atoms with E-state index in [1.807, 2.05) is 6.92 Å². The van der Waals surface area contributed by atoms with Crippen molar-refractivity contribution in [3.63, 3.8) is 0 Å². The van der Waals surface area contributed by atoms with Crippen molar-refractivity contribution in [1.82, 2.24) is 9.55 Å². The third-order valence-electron chi connectivity index (χ3n) is 11.5. The van der Waals surface area contributed by atoms with E-state index in [1.165, 1.54) is 36.9 Å². The summed E-state index contributed by atoms with van der Waals surface area (Å²) in [6.45, 7) is 3.77. The summed E-state index contributed by atoms with van der Waals surface area (Å²) >= 11 is 0. The minimum absolute atomic E-state index is 0.0526. The lowest BCUT2D eigenvalue weighted by Gasteiger charge is -2.36. The Hall–Kier alpha value is -3.39. The van der Waals surface area contributed by atoms with Gasteiger partial charge in [-0.2, -0.15) is 9.29 Å². The second-order valence-electron chi connectivity index (χ2n) is 17.2. The number of nitrogens with zero attached hydrogens (tertiary/aromatic N) is 2. The normalized spacial score (nSPS) is 29.6. The molecule has 0 saturated carbocycles. The summed E-state index contributed by atoms with van der Waals surface area (Å²) in [6.07, 6.45) is 11.2. The molecule has 1 aromatic heterocycles. The Labute approximate surface area is 393 Å². The smallest absolute Gasteiger partial charge is 0.462 e. The molecule has 380 valence electrons. The number of carbonyl (C=O) groups is 3. The van der Waals surface area contributed by atoms with Crippen molar-refractivity contribution in [2.75, 3.05) is 25.6 Å². The van der Waals surface area contributed by atoms with Crippen molar-refractivity contribution in [2.45, 2.75) is 167 Å². The van der Waals surface area contributed by atoms with Gasteiger partial charge in [0.15, 0.2) is 11.9 Å². The third kappa shape index (κ3) is 22.3. The van der Waals surface area contributed by atoms with Crippen LogP contribution in [0.2, 0.25) is 0 Å². The first kappa shape index (κ1) is 57.9. The highest BCUT2D eigenvalue weighted by atomic mass is 31.3. The van der Waals surface area contributed by atoms with Gasteiger partial charge in [-0.15, -0.1) is 0 Å². The molecule has 11 atom stereocenters. The van der Waals surface area contributed by atoms with E-state index < -0.39 is 107 Å². The Kier molecular flexibility index (Phi) is 26.2. The topological polar surface area (TPSA) is 303 Å². The lowest BCUT2D eigenvalue weighted by Crippen LogP contribution is -2.49. The maximum atomic E-state index is 13.8. The number of cyclic esters (lactones) is 1. The van der Waals surface area contributed by atoms with E-state index in [9.17, 15) is 53.4 Å². The number of phosphoric ester groups is 2. The summed E-state index contributed by atoms with van der Waals surface area (Å²) in [5.41, 5.74) is 4.82. The Morgan fingerprint density at radius 1 is 0.970 bits per heavy atom. The van der Waals surface area contributed by atoms with Crippen LogP contribution in [-0.2, 0) is 51.1 Å². The van der Waals surface area contributed by atoms with Crippen molar-refractivity contribution in [1.29, 1.82) is 0 Å². The maximum Gasteiger partial charge on any atom is 0.481 e. The van der Waals surface area contributed by atoms with Crippen molar-refractivity contribution in [2.24, 2.45) is 17.8 Å². The summed E-state index contributed by atoms with van der Waals surface area (Å²) in [5.74, 6) is -3.95. The van der Waals surface area contributed by atoms with Gasteiger partial charge in [-0.25, -0.2) is 13.9 Å². The largest absolute Gasteiger partial charge is 0.481 e. The number of ether oxygens (including phenoxy) is 3. The Morgan fingerprint density at radius 3 is 2.36 bits per heavy atom. The van der Waals surface area contributed by atoms with Crippen LogP contribution in [0.4, 0.5) is 5.82 Å². The van der Waals surface area contributed by atoms with Gasteiger partial charge in [0.25, 0.3) is 0 Å². The van der Waals surface area contributed by atoms with Gasteiger partial charge in [0, 0.05) is 25.0 Å². The molecular formula is C45H73N3O17P2. The fourth-order valence-corrected chi connectivity index (χ4v) is 9.43. The van der Waals surface area contributed by atoms with Gasteiger partial charge in [-0.3, -0.25) is 28.0 Å². The number of allylic oxidation sites excluding steroid dienone is 3. The van der Waals surface area contributed by atoms with Crippen molar-refractivity contribution < 1.29 is 76.2 Å². The predicted octanol–water partition coefficient (Wildman–Crippen LogP) is 6.30. The molecule has 0 saturated heterocycles. The quantitative estimate of drug-likeness (QED) is 0.0383. The molecule has 0 spiro atoms. The van der Waals surface area contributed by atoms with E-state index >= 15 is 0 Å². The molecule has 0 radical (unpaired) electrons. The number of anilines is 1. The summed E-state index contributed by atoms with van der Waals surface area (Å²) in [4.78, 5) is 77.5. The number of carbonyl (C=O) groups excluding carboxylic acids is 3. The zero-order valence-electron chi connectivity index (χ0n) is 39.0. The fourth-order valence-electron chi connectivity index (χ4n) is 7.32. The summed E-state index contributed by atoms with van der Waals surface area (Å²) < 4.78 is 58.8. The number of aliphatic hydroxyl groups excluding tert-OH is 3. The van der Waals surface area contributed by atoms with E-state index in [0.29, 0.717) is 31.6 Å². The van der Waals surface area contributed by atoms with Crippen LogP contribution in [0.1, 0.15) is 136 Å². The molecule has 3 heterocycles. The van der Waals surface area contributed by atoms with E-state index in [2.05, 4.69) is 23.1 Å². The number of hydrogen-bond donors (Lipinski definition) is 6. The standard InChI is InChI=1S/C45H73N3O17P2/c1-4-6-13-20-34(49)24-25-36-37(50)26-23-33-19-15-11-12-17-22-41(52)63-35(29-60-40(51)21-16-10-8-7-9-14-18-32(3)5-2)30-61-66(56,57)65-67(58,59)62-31-38(43(54)42(36)53)64-44(33)48-28-27-39(46)47-45(48)55/h11,15,23-28,32-36,38,42-44,49,53-54H,4-10,12-14,16-22,29-31H2,1-3H3,(H,56,57)(H,58,59)(H2,46,47,55)/t32?,33-,34-,35+,36-,38+,42-,43+,44+/m0/s1. The number of rotatable bonds is 19. The first-order valence-corrected chi connectivity index (χ1v) is 26.4. The van der Waals surface area contributed by atoms with Gasteiger partial charge in [0.05, 0.1) is 31.3 Å². The number of unbranched alkanes of at least 4 members (excludes halogenated alkanes) is 7. The molecule has 67 heavy (non-hydrogen) atoms. The molecule has 0 aliphatic carbocycles. The van der Waals surface area contributed by atoms with Crippen LogP contribution in [0, 0.1) is 17.8 Å². The Morgan fingerprint density at radius 2 is 1.66 bits per heavy atom. The molecule has 0 aromatic carbocycles. The number of hydrogen-bond acceptors (Lipinski definition) is 17. The molecule has 3 rings (SSSR count). The second-order valence-corrected chi connectivity index (χ2v) is 20.2. The van der Waals surface area contributed by atoms with E-state index in [1.54, 1.807) is 12.2 Å². The number of nitrogens with two attached hydrogens (primary N) is 1. The average Bonchev–Trinajstić information content (AvgIpc) is 3.27.